The van der Waals surface area contributed by atoms with Gasteiger partial charge in [-0.25, -0.2) is 14.4 Å². The number of hydrogen-bond acceptors (Lipinski definition) is 23. The molecule has 81 heavy (non-hydrogen) atoms. The molecule has 0 fully saturated rings. The van der Waals surface area contributed by atoms with Gasteiger partial charge in [0.25, 0.3) is 0 Å². The Kier molecular flexibility index (Phi) is 14.5. The molecular formula is C55H42O26. The predicted octanol–water partition coefficient (Wildman–Crippen LogP) is 4.92. The second kappa shape index (κ2) is 20.9. The average Bonchev–Trinajstić information content (AvgIpc) is 3.70. The van der Waals surface area contributed by atoms with E-state index >= 15 is 0 Å². The molecule has 2 aliphatic rings. The maximum Gasteiger partial charge on any atom is 0.335 e. The summed E-state index contributed by atoms with van der Waals surface area (Å²) in [6.07, 6.45) is -3.26. The molecule has 2 aliphatic heterocycles. The lowest BCUT2D eigenvalue weighted by Gasteiger charge is -2.33. The third kappa shape index (κ3) is 10.3. The highest BCUT2D eigenvalue weighted by Gasteiger charge is 2.36. The summed E-state index contributed by atoms with van der Waals surface area (Å²) < 4.78 is 11.7. The summed E-state index contributed by atoms with van der Waals surface area (Å²) >= 11 is 0. The van der Waals surface area contributed by atoms with E-state index in [4.69, 9.17) is 14.6 Å². The Hall–Kier alpha value is -11.3. The third-order valence-corrected chi connectivity index (χ3v) is 13.2. The largest absolute Gasteiger partial charge is 0.508 e. The molecule has 10 rings (SSSR count). The molecule has 0 unspecified atom stereocenters. The Balaban J connectivity index is 0.000000165. The quantitative estimate of drug-likeness (QED) is 0.102. The van der Waals surface area contributed by atoms with Crippen molar-refractivity contribution in [3.63, 3.8) is 0 Å². The van der Waals surface area contributed by atoms with Gasteiger partial charge in [0.1, 0.15) is 40.6 Å². The summed E-state index contributed by atoms with van der Waals surface area (Å²) in [5, 5.41) is 175. The number of phenols is 11. The first-order valence-corrected chi connectivity index (χ1v) is 23.3. The van der Waals surface area contributed by atoms with Gasteiger partial charge < -0.3 is 101 Å². The number of hydrogen-bond donors (Lipinski definition) is 18. The molecule has 0 amide bonds. The van der Waals surface area contributed by atoms with Crippen LogP contribution in [0.3, 0.4) is 0 Å². The lowest BCUT2D eigenvalue weighted by molar-refractivity contribution is 0.0205. The van der Waals surface area contributed by atoms with E-state index in [-0.39, 0.29) is 79.7 Å². The van der Waals surface area contributed by atoms with E-state index in [2.05, 4.69) is 0 Å². The zero-order chi connectivity index (χ0) is 59.5. The van der Waals surface area contributed by atoms with Gasteiger partial charge in [-0.05, 0) is 71.1 Å². The molecule has 418 valence electrons. The van der Waals surface area contributed by atoms with Crippen molar-refractivity contribution in [1.82, 2.24) is 0 Å². The number of aromatic carboxylic acids is 3. The van der Waals surface area contributed by atoms with Crippen LogP contribution >= 0.6 is 0 Å². The number of aromatic hydroxyl groups is 14. The van der Waals surface area contributed by atoms with Crippen molar-refractivity contribution < 1.29 is 116 Å². The first-order valence-electron chi connectivity index (χ1n) is 23.3. The van der Waals surface area contributed by atoms with Crippen LogP contribution in [0, 0.1) is 5.92 Å². The second-order valence-corrected chi connectivity index (χ2v) is 18.5. The molecule has 18 N–H and O–H groups in total. The van der Waals surface area contributed by atoms with Crippen molar-refractivity contribution in [3.8, 4) is 92.0 Å². The Morgan fingerprint density at radius 3 is 1.31 bits per heavy atom. The number of aliphatic hydroxyl groups is 1. The molecule has 4 atom stereocenters. The van der Waals surface area contributed by atoms with Crippen molar-refractivity contribution in [3.05, 3.63) is 148 Å². The number of ether oxygens (including phenoxy) is 2. The van der Waals surface area contributed by atoms with Crippen LogP contribution in [0.2, 0.25) is 0 Å². The van der Waals surface area contributed by atoms with Crippen molar-refractivity contribution in [1.29, 1.82) is 0 Å². The standard InChI is InChI=1S/C22H18O9.C21H16O10.C12H8O7/c1-8-2-13-14(24)5-10(23)6-17(13)31-21(8)12-7-16(26)20(28)18-11(12)3-9(22(29)30)4-15(25)19(18)27;22-8-3-12(23)11-6-15(26)20(31-16(11)4-8)10-5-14(25)19(28)17-9(10)1-7(21(29)30)2-13(24)18(17)27;13-6-3-5(12(18)19)1-4-2-7(14)10(16)11(17)8(4)9(6)15/h3-8,21,23-24,26,28H,2H2,1H3,(H,25,27)(H,29,30);1-5,15,20,22-23,25-26,28H,6H2,(H,24,27)(H,29,30);1-3,14,16-17H,(H,13,15)(H,18,19)/t8-,21+;15-,20+;/m10./s1. The van der Waals surface area contributed by atoms with E-state index in [1.807, 2.05) is 0 Å². The molecule has 8 aromatic carbocycles. The van der Waals surface area contributed by atoms with Crippen LogP contribution in [0.4, 0.5) is 0 Å². The first kappa shape index (κ1) is 55.9. The molecule has 26 nitrogen and oxygen atoms in total. The summed E-state index contributed by atoms with van der Waals surface area (Å²) in [4.78, 5) is 70.8. The van der Waals surface area contributed by atoms with Gasteiger partial charge in [0.2, 0.25) is 22.0 Å². The maximum atomic E-state index is 12.7. The number of rotatable bonds is 5. The summed E-state index contributed by atoms with van der Waals surface area (Å²) in [6, 6.07) is 13.1. The predicted molar refractivity (Wildman–Crippen MR) is 277 cm³/mol. The van der Waals surface area contributed by atoms with Crippen LogP contribution in [-0.2, 0) is 12.8 Å². The average molecular weight is 1120 g/mol. The third-order valence-electron chi connectivity index (χ3n) is 13.2. The monoisotopic (exact) mass is 1120 g/mol. The van der Waals surface area contributed by atoms with Crippen molar-refractivity contribution in [2.45, 2.75) is 38.1 Å². The van der Waals surface area contributed by atoms with E-state index < -0.39 is 143 Å². The Bertz CT molecular complexity index is 4030. The number of carbonyl (C=O) groups is 3. The molecule has 0 spiro atoms. The van der Waals surface area contributed by atoms with Gasteiger partial charge in [-0.3, -0.25) is 14.4 Å². The number of carboxylic acid groups (broad SMARTS) is 3. The SMILES string of the molecule is C[C@@H]1Cc2c(O)cc(O)cc2O[C@@H]1c1cc(O)c(O)c2c(=O)c(O)cc(C(=O)O)cc12.O=C(O)c1cc(=O)c(O)c2c(O)c(O)c(O)cc2c1.O=C(O)c1cc(O)c(=O)c2c(O)c(O)cc([C@H]3Oc4cc(O)cc(O)c4C[C@@H]3O)c2c1. The summed E-state index contributed by atoms with van der Waals surface area (Å²) in [5.74, 6) is -13.8. The number of phenolic OH excluding ortho intramolecular Hbond substituents is 11. The number of benzene rings is 5. The minimum Gasteiger partial charge on any atom is -0.508 e. The first-order chi connectivity index (χ1) is 38.0. The lowest BCUT2D eigenvalue weighted by Crippen LogP contribution is -2.30. The molecule has 2 heterocycles. The van der Waals surface area contributed by atoms with Gasteiger partial charge in [-0.1, -0.05) is 6.92 Å². The Morgan fingerprint density at radius 2 is 0.840 bits per heavy atom. The van der Waals surface area contributed by atoms with Crippen LogP contribution in [0.5, 0.6) is 92.0 Å². The van der Waals surface area contributed by atoms with Crippen molar-refractivity contribution >= 4 is 50.2 Å². The summed E-state index contributed by atoms with van der Waals surface area (Å²) in [6.45, 7) is 1.78. The van der Waals surface area contributed by atoms with Gasteiger partial charge in [0.05, 0.1) is 39.0 Å². The Morgan fingerprint density at radius 1 is 0.420 bits per heavy atom. The topological polar surface area (TPSA) is 485 Å². The molecule has 0 aliphatic carbocycles. The number of fused-ring (bicyclic) bond motifs is 5. The zero-order valence-corrected chi connectivity index (χ0v) is 41.0. The molecule has 0 saturated heterocycles. The molecular weight excluding hydrogens is 1080 g/mol. The van der Waals surface area contributed by atoms with Gasteiger partial charge in [0, 0.05) is 64.9 Å². The van der Waals surface area contributed by atoms with E-state index in [1.165, 1.54) is 18.2 Å². The number of aliphatic hydroxyl groups excluding tert-OH is 1. The van der Waals surface area contributed by atoms with E-state index in [0.717, 1.165) is 48.5 Å². The second-order valence-electron chi connectivity index (χ2n) is 18.5. The van der Waals surface area contributed by atoms with E-state index in [9.17, 15) is 116 Å². The fourth-order valence-electron chi connectivity index (χ4n) is 9.35. The number of carboxylic acids is 3. The fourth-order valence-corrected chi connectivity index (χ4v) is 9.35. The van der Waals surface area contributed by atoms with Crippen LogP contribution in [0.1, 0.15) is 72.5 Å². The Labute approximate surface area is 449 Å². The minimum absolute atomic E-state index is 0.0253. The molecule has 0 saturated carbocycles. The minimum atomic E-state index is -1.48. The maximum absolute atomic E-state index is 12.7. The molecule has 0 radical (unpaired) electrons. The van der Waals surface area contributed by atoms with E-state index in [1.54, 1.807) is 6.92 Å². The van der Waals surface area contributed by atoms with Crippen LogP contribution in [0.15, 0.2) is 93.2 Å². The normalized spacial score (nSPS) is 16.0. The molecule has 8 aromatic rings. The van der Waals surface area contributed by atoms with Crippen molar-refractivity contribution in [2.75, 3.05) is 0 Å². The van der Waals surface area contributed by atoms with Gasteiger partial charge >= 0.3 is 17.9 Å². The lowest BCUT2D eigenvalue weighted by atomic mass is 9.86. The van der Waals surface area contributed by atoms with E-state index in [0.29, 0.717) is 24.1 Å². The van der Waals surface area contributed by atoms with Crippen LogP contribution < -0.4 is 25.8 Å². The van der Waals surface area contributed by atoms with Crippen molar-refractivity contribution in [2.24, 2.45) is 5.92 Å². The van der Waals surface area contributed by atoms with Crippen LogP contribution in [-0.4, -0.2) is 116 Å². The molecule has 0 aromatic heterocycles. The zero-order valence-electron chi connectivity index (χ0n) is 41.0. The van der Waals surface area contributed by atoms with Crippen LogP contribution in [0.25, 0.3) is 32.3 Å². The van der Waals surface area contributed by atoms with Gasteiger partial charge in [0.15, 0.2) is 57.8 Å². The highest BCUT2D eigenvalue weighted by molar-refractivity contribution is 6.01. The molecule has 26 heteroatoms. The molecule has 0 bridgehead atoms. The van der Waals surface area contributed by atoms with Gasteiger partial charge in [-0.2, -0.15) is 0 Å². The summed E-state index contributed by atoms with van der Waals surface area (Å²) in [5.41, 5.74) is -3.74. The highest BCUT2D eigenvalue weighted by atomic mass is 16.5. The fraction of sp³-hybridized carbons (Fsp3) is 0.127. The highest BCUT2D eigenvalue weighted by Crippen LogP contribution is 2.49. The van der Waals surface area contributed by atoms with Gasteiger partial charge in [-0.15, -0.1) is 0 Å². The summed E-state index contributed by atoms with van der Waals surface area (Å²) in [7, 11) is 0. The smallest absolute Gasteiger partial charge is 0.335 e.